The summed E-state index contributed by atoms with van der Waals surface area (Å²) in [7, 11) is 0. The second-order valence-corrected chi connectivity index (χ2v) is 4.28. The number of rotatable bonds is 4. The van der Waals surface area contributed by atoms with E-state index >= 15 is 0 Å². The van der Waals surface area contributed by atoms with E-state index in [9.17, 15) is 5.11 Å². The molecule has 17 heavy (non-hydrogen) atoms. The molecule has 1 fully saturated rings. The number of anilines is 3. The molecule has 6 heteroatoms. The van der Waals surface area contributed by atoms with Crippen LogP contribution in [0.2, 0.25) is 0 Å². The molecule has 1 aromatic rings. The Morgan fingerprint density at radius 1 is 1.59 bits per heavy atom. The molecule has 1 aliphatic heterocycles. The fourth-order valence-electron chi connectivity index (χ4n) is 1.91. The highest BCUT2D eigenvalue weighted by atomic mass is 16.3. The van der Waals surface area contributed by atoms with Crippen LogP contribution in [0.3, 0.4) is 0 Å². The third-order valence-corrected chi connectivity index (χ3v) is 2.77. The molecule has 4 N–H and O–H groups in total. The maximum atomic E-state index is 9.51. The van der Waals surface area contributed by atoms with Crippen LogP contribution in [0.4, 0.5) is 17.6 Å². The molecule has 0 bridgehead atoms. The molecule has 0 radical (unpaired) electrons. The molecule has 1 aliphatic rings. The Hall–Kier alpha value is -1.56. The van der Waals surface area contributed by atoms with Crippen LogP contribution in [0.1, 0.15) is 19.8 Å². The maximum absolute atomic E-state index is 9.51. The second kappa shape index (κ2) is 5.18. The van der Waals surface area contributed by atoms with E-state index in [-0.39, 0.29) is 12.1 Å². The topological polar surface area (TPSA) is 87.3 Å². The molecule has 94 valence electrons. The summed E-state index contributed by atoms with van der Waals surface area (Å²) >= 11 is 0. The minimum Gasteiger partial charge on any atom is -0.391 e. The first kappa shape index (κ1) is 11.9. The van der Waals surface area contributed by atoms with Crippen LogP contribution in [0.15, 0.2) is 6.07 Å². The van der Waals surface area contributed by atoms with Gasteiger partial charge in [-0.15, -0.1) is 0 Å². The fraction of sp³-hybridized carbons (Fsp3) is 0.636. The molecule has 0 aliphatic carbocycles. The van der Waals surface area contributed by atoms with Crippen LogP contribution in [-0.4, -0.2) is 40.8 Å². The Kier molecular flexibility index (Phi) is 3.63. The van der Waals surface area contributed by atoms with Gasteiger partial charge in [-0.1, -0.05) is 6.92 Å². The Morgan fingerprint density at radius 2 is 2.41 bits per heavy atom. The molecule has 0 saturated carbocycles. The van der Waals surface area contributed by atoms with Crippen molar-refractivity contribution in [3.8, 4) is 0 Å². The molecule has 1 unspecified atom stereocenters. The van der Waals surface area contributed by atoms with Gasteiger partial charge >= 0.3 is 0 Å². The van der Waals surface area contributed by atoms with E-state index in [2.05, 4.69) is 22.2 Å². The first-order chi connectivity index (χ1) is 8.19. The molecule has 1 atom stereocenters. The van der Waals surface area contributed by atoms with Gasteiger partial charge in [0.15, 0.2) is 0 Å². The Morgan fingerprint density at radius 3 is 3.06 bits per heavy atom. The van der Waals surface area contributed by atoms with E-state index in [1.807, 2.05) is 11.0 Å². The van der Waals surface area contributed by atoms with Gasteiger partial charge < -0.3 is 21.1 Å². The van der Waals surface area contributed by atoms with Crippen molar-refractivity contribution in [1.29, 1.82) is 0 Å². The number of β-amino-alcohol motifs (C(OH)–C–C–N with tert-alkyl or cyclic N) is 1. The van der Waals surface area contributed by atoms with Gasteiger partial charge in [-0.25, -0.2) is 0 Å². The number of nitrogens with zero attached hydrogens (tertiary/aromatic N) is 3. The van der Waals surface area contributed by atoms with Crippen LogP contribution in [0.25, 0.3) is 0 Å². The average Bonchev–Trinajstić information content (AvgIpc) is 2.72. The predicted octanol–water partition coefficient (Wildman–Crippen LogP) is 0.452. The SMILES string of the molecule is CCCNc1cc(N2CCC(O)C2)nc(N)n1. The smallest absolute Gasteiger partial charge is 0.223 e. The highest BCUT2D eigenvalue weighted by Gasteiger charge is 2.22. The van der Waals surface area contributed by atoms with Crippen LogP contribution in [0.5, 0.6) is 0 Å². The Bertz CT molecular complexity index is 384. The molecular weight excluding hydrogens is 218 g/mol. The Labute approximate surface area is 101 Å². The number of nitrogens with two attached hydrogens (primary N) is 1. The predicted molar refractivity (Wildman–Crippen MR) is 68.1 cm³/mol. The molecule has 1 saturated heterocycles. The van der Waals surface area contributed by atoms with Crippen molar-refractivity contribution < 1.29 is 5.11 Å². The third kappa shape index (κ3) is 2.97. The lowest BCUT2D eigenvalue weighted by molar-refractivity contribution is 0.198. The zero-order valence-corrected chi connectivity index (χ0v) is 10.1. The van der Waals surface area contributed by atoms with E-state index in [0.29, 0.717) is 6.54 Å². The van der Waals surface area contributed by atoms with Crippen LogP contribution < -0.4 is 16.0 Å². The highest BCUT2D eigenvalue weighted by molar-refractivity contribution is 5.53. The first-order valence-electron chi connectivity index (χ1n) is 6.00. The van der Waals surface area contributed by atoms with Gasteiger partial charge in [-0.3, -0.25) is 0 Å². The summed E-state index contributed by atoms with van der Waals surface area (Å²) in [5.74, 6) is 1.80. The molecule has 2 heterocycles. The standard InChI is InChI=1S/C11H19N5O/c1-2-4-13-9-6-10(15-11(12)14-9)16-5-3-8(17)7-16/h6,8,17H,2-5,7H2,1H3,(H3,12,13,14,15). The van der Waals surface area contributed by atoms with E-state index in [1.165, 1.54) is 0 Å². The van der Waals surface area contributed by atoms with Crippen LogP contribution in [-0.2, 0) is 0 Å². The molecule has 1 aromatic heterocycles. The summed E-state index contributed by atoms with van der Waals surface area (Å²) in [6.07, 6.45) is 1.54. The lowest BCUT2D eigenvalue weighted by Crippen LogP contribution is -2.23. The number of nitrogens with one attached hydrogen (secondary N) is 1. The molecule has 0 aromatic carbocycles. The van der Waals surface area contributed by atoms with Gasteiger partial charge in [-0.2, -0.15) is 9.97 Å². The summed E-state index contributed by atoms with van der Waals surface area (Å²) in [4.78, 5) is 10.4. The minimum absolute atomic E-state index is 0.266. The van der Waals surface area contributed by atoms with Gasteiger partial charge in [0.25, 0.3) is 0 Å². The maximum Gasteiger partial charge on any atom is 0.223 e. The number of hydrogen-bond donors (Lipinski definition) is 3. The summed E-state index contributed by atoms with van der Waals surface area (Å²) in [6.45, 7) is 4.38. The van der Waals surface area contributed by atoms with Crippen LogP contribution in [0, 0.1) is 0 Å². The number of aliphatic hydroxyl groups is 1. The molecule has 0 amide bonds. The summed E-state index contributed by atoms with van der Waals surface area (Å²) < 4.78 is 0. The van der Waals surface area contributed by atoms with Gasteiger partial charge in [-0.05, 0) is 12.8 Å². The number of hydrogen-bond acceptors (Lipinski definition) is 6. The van der Waals surface area contributed by atoms with E-state index in [0.717, 1.165) is 37.6 Å². The van der Waals surface area contributed by atoms with Gasteiger partial charge in [0.1, 0.15) is 11.6 Å². The van der Waals surface area contributed by atoms with Crippen molar-refractivity contribution in [1.82, 2.24) is 9.97 Å². The quantitative estimate of drug-likeness (QED) is 0.705. The zero-order chi connectivity index (χ0) is 12.3. The second-order valence-electron chi connectivity index (χ2n) is 4.28. The number of aromatic nitrogens is 2. The molecule has 0 spiro atoms. The van der Waals surface area contributed by atoms with E-state index in [4.69, 9.17) is 5.73 Å². The summed E-state index contributed by atoms with van der Waals surface area (Å²) in [5.41, 5.74) is 5.68. The molecular formula is C11H19N5O. The Balaban J connectivity index is 2.13. The van der Waals surface area contributed by atoms with E-state index in [1.54, 1.807) is 0 Å². The van der Waals surface area contributed by atoms with Crippen molar-refractivity contribution in [2.75, 3.05) is 35.6 Å². The zero-order valence-electron chi connectivity index (χ0n) is 10.1. The first-order valence-corrected chi connectivity index (χ1v) is 6.00. The van der Waals surface area contributed by atoms with Crippen molar-refractivity contribution in [2.45, 2.75) is 25.9 Å². The average molecular weight is 237 g/mol. The molecule has 2 rings (SSSR count). The highest BCUT2D eigenvalue weighted by Crippen LogP contribution is 2.21. The third-order valence-electron chi connectivity index (χ3n) is 2.77. The summed E-state index contributed by atoms with van der Waals surface area (Å²) in [6, 6.07) is 1.88. The summed E-state index contributed by atoms with van der Waals surface area (Å²) in [5, 5.41) is 12.7. The fourth-order valence-corrected chi connectivity index (χ4v) is 1.91. The van der Waals surface area contributed by atoms with Crippen molar-refractivity contribution in [3.05, 3.63) is 6.07 Å². The van der Waals surface area contributed by atoms with Crippen molar-refractivity contribution in [2.24, 2.45) is 0 Å². The minimum atomic E-state index is -0.266. The van der Waals surface area contributed by atoms with E-state index < -0.39 is 0 Å². The van der Waals surface area contributed by atoms with Crippen molar-refractivity contribution in [3.63, 3.8) is 0 Å². The largest absolute Gasteiger partial charge is 0.391 e. The monoisotopic (exact) mass is 237 g/mol. The normalized spacial score (nSPS) is 19.6. The van der Waals surface area contributed by atoms with Gasteiger partial charge in [0.05, 0.1) is 6.10 Å². The molecule has 6 nitrogen and oxygen atoms in total. The number of aliphatic hydroxyl groups excluding tert-OH is 1. The number of nitrogen functional groups attached to an aromatic ring is 1. The lowest BCUT2D eigenvalue weighted by Gasteiger charge is -2.17. The van der Waals surface area contributed by atoms with Gasteiger partial charge in [0.2, 0.25) is 5.95 Å². The van der Waals surface area contributed by atoms with Crippen LogP contribution >= 0.6 is 0 Å². The van der Waals surface area contributed by atoms with Crippen molar-refractivity contribution >= 4 is 17.6 Å². The lowest BCUT2D eigenvalue weighted by atomic mass is 10.3. The van der Waals surface area contributed by atoms with Gasteiger partial charge in [0, 0.05) is 25.7 Å².